The minimum atomic E-state index is -0.579. The van der Waals surface area contributed by atoms with Gasteiger partial charge in [-0.05, 0) is 66.6 Å². The number of amides is 3. The van der Waals surface area contributed by atoms with Gasteiger partial charge < -0.3 is 16.0 Å². The number of benzene rings is 4. The maximum Gasteiger partial charge on any atom is 0.272 e. The molecule has 0 radical (unpaired) electrons. The number of hydrogen-bond donors (Lipinski definition) is 3. The molecule has 0 saturated heterocycles. The molecule has 0 bridgehead atoms. The number of anilines is 2. The Morgan fingerprint density at radius 2 is 1.62 bits per heavy atom. The molecule has 1 unspecified atom stereocenters. The number of nitrogens with zero attached hydrogens (tertiary/aromatic N) is 1. The lowest BCUT2D eigenvalue weighted by Gasteiger charge is -2.14. The molecule has 0 aliphatic heterocycles. The van der Waals surface area contributed by atoms with E-state index in [9.17, 15) is 19.6 Å². The summed E-state index contributed by atoms with van der Waals surface area (Å²) in [5, 5.41) is 20.8. The van der Waals surface area contributed by atoms with Crippen LogP contribution in [0.3, 0.4) is 0 Å². The Bertz CT molecular complexity index is 2010. The van der Waals surface area contributed by atoms with E-state index in [0.717, 1.165) is 16.0 Å². The highest BCUT2D eigenvalue weighted by Gasteiger charge is 2.21. The third-order valence-corrected chi connectivity index (χ3v) is 9.34. The Kier molecular flexibility index (Phi) is 11.1. The van der Waals surface area contributed by atoms with Gasteiger partial charge >= 0.3 is 0 Å². The van der Waals surface area contributed by atoms with Crippen molar-refractivity contribution in [3.63, 3.8) is 0 Å². The number of nitrogens with one attached hydrogen (secondary N) is 3. The first-order chi connectivity index (χ1) is 22.7. The summed E-state index contributed by atoms with van der Waals surface area (Å²) in [5.74, 6) is -1.32. The number of nitriles is 1. The van der Waals surface area contributed by atoms with Crippen molar-refractivity contribution in [3.05, 3.63) is 141 Å². The van der Waals surface area contributed by atoms with Crippen molar-refractivity contribution in [1.82, 2.24) is 5.32 Å². The summed E-state index contributed by atoms with van der Waals surface area (Å²) < 4.78 is 0. The van der Waals surface area contributed by atoms with Crippen LogP contribution in [0.2, 0.25) is 10.0 Å². The first-order valence-corrected chi connectivity index (χ1v) is 16.7. The fraction of sp³-hybridized carbons (Fsp3) is 0.0556. The molecule has 4 aromatic carbocycles. The molecule has 1 atom stereocenters. The zero-order valence-corrected chi connectivity index (χ0v) is 27.9. The Hall–Kier alpha value is -4.85. The first kappa shape index (κ1) is 33.5. The molecule has 3 amide bonds. The Morgan fingerprint density at radius 1 is 0.894 bits per heavy atom. The number of rotatable bonds is 10. The van der Waals surface area contributed by atoms with Crippen LogP contribution in [-0.2, 0) is 9.59 Å². The molecule has 5 aromatic rings. The van der Waals surface area contributed by atoms with E-state index in [1.54, 1.807) is 73.7 Å². The molecular weight excluding hydrogens is 671 g/mol. The summed E-state index contributed by atoms with van der Waals surface area (Å²) in [6.45, 7) is 1.76. The third kappa shape index (κ3) is 8.70. The maximum atomic E-state index is 13.5. The summed E-state index contributed by atoms with van der Waals surface area (Å²) in [6.07, 6.45) is 1.48. The first-order valence-electron chi connectivity index (χ1n) is 14.2. The number of carbonyl (C=O) groups excluding carboxylic acids is 3. The maximum absolute atomic E-state index is 13.5. The van der Waals surface area contributed by atoms with Crippen molar-refractivity contribution in [2.24, 2.45) is 0 Å². The van der Waals surface area contributed by atoms with Crippen LogP contribution in [0.1, 0.15) is 28.4 Å². The van der Waals surface area contributed by atoms with E-state index in [-0.39, 0.29) is 11.6 Å². The number of thiophene rings is 1. The number of halogens is 2. The zero-order chi connectivity index (χ0) is 33.3. The highest BCUT2D eigenvalue weighted by Crippen LogP contribution is 2.36. The summed E-state index contributed by atoms with van der Waals surface area (Å²) in [4.78, 5) is 40.4. The van der Waals surface area contributed by atoms with Gasteiger partial charge in [-0.3, -0.25) is 14.4 Å². The van der Waals surface area contributed by atoms with Crippen molar-refractivity contribution < 1.29 is 14.4 Å². The molecule has 3 N–H and O–H groups in total. The van der Waals surface area contributed by atoms with E-state index < -0.39 is 17.1 Å². The lowest BCUT2D eigenvalue weighted by Crippen LogP contribution is -2.30. The summed E-state index contributed by atoms with van der Waals surface area (Å²) >= 11 is 15.0. The van der Waals surface area contributed by atoms with E-state index in [4.69, 9.17) is 23.2 Å². The Morgan fingerprint density at radius 3 is 2.32 bits per heavy atom. The molecule has 0 aliphatic rings. The third-order valence-electron chi connectivity index (χ3n) is 6.79. The predicted octanol–water partition coefficient (Wildman–Crippen LogP) is 9.12. The van der Waals surface area contributed by atoms with Gasteiger partial charge in [0.25, 0.3) is 11.8 Å². The van der Waals surface area contributed by atoms with Gasteiger partial charge in [0.05, 0.1) is 10.8 Å². The van der Waals surface area contributed by atoms with E-state index in [2.05, 4.69) is 22.0 Å². The Balaban J connectivity index is 1.29. The van der Waals surface area contributed by atoms with Gasteiger partial charge in [0.15, 0.2) is 0 Å². The average molecular weight is 698 g/mol. The van der Waals surface area contributed by atoms with Gasteiger partial charge in [-0.2, -0.15) is 5.26 Å². The molecule has 0 saturated carbocycles. The number of hydrogen-bond acceptors (Lipinski definition) is 6. The summed E-state index contributed by atoms with van der Waals surface area (Å²) in [7, 11) is 0. The second kappa shape index (κ2) is 15.6. The van der Waals surface area contributed by atoms with Crippen LogP contribution >= 0.6 is 46.3 Å². The molecular formula is C36H26Cl2N4O3S2. The molecule has 0 aliphatic carbocycles. The molecule has 1 heterocycles. The van der Waals surface area contributed by atoms with Crippen molar-refractivity contribution >= 4 is 80.8 Å². The lowest BCUT2D eigenvalue weighted by molar-refractivity contribution is -0.115. The molecule has 0 spiro atoms. The number of thioether (sulfide) groups is 1. The minimum absolute atomic E-state index is 0.0343. The summed E-state index contributed by atoms with van der Waals surface area (Å²) in [6, 6.07) is 32.1. The number of carbonyl (C=O) groups is 3. The van der Waals surface area contributed by atoms with Crippen molar-refractivity contribution in [2.75, 3.05) is 10.6 Å². The van der Waals surface area contributed by atoms with Crippen LogP contribution in [0.15, 0.2) is 119 Å². The molecule has 0 fully saturated rings. The monoisotopic (exact) mass is 696 g/mol. The quantitative estimate of drug-likeness (QED) is 0.0996. The van der Waals surface area contributed by atoms with E-state index in [0.29, 0.717) is 37.4 Å². The molecule has 234 valence electrons. The van der Waals surface area contributed by atoms with Gasteiger partial charge in [0.2, 0.25) is 5.91 Å². The van der Waals surface area contributed by atoms with Crippen molar-refractivity contribution in [1.29, 1.82) is 5.26 Å². The van der Waals surface area contributed by atoms with Crippen LogP contribution in [0.25, 0.3) is 17.2 Å². The van der Waals surface area contributed by atoms with E-state index in [1.807, 2.05) is 41.8 Å². The van der Waals surface area contributed by atoms with Gasteiger partial charge in [0, 0.05) is 37.1 Å². The SMILES string of the molecule is CC(Sc1cccc(NC(=O)/C(=C\c2ccc(Cl)cc2Cl)NC(=O)c2ccccc2)c1)C(=O)Nc1scc(-c2ccccc2)c1C#N. The molecule has 5 rings (SSSR count). The minimum Gasteiger partial charge on any atom is -0.321 e. The highest BCUT2D eigenvalue weighted by atomic mass is 35.5. The standard InChI is InChI=1S/C36H26Cl2N4O3S2/c1-22(33(43)42-36-29(20-39)30(21-46-36)23-9-4-2-5-10-23)47-28-14-8-13-27(19-28)40-35(45)32(17-25-15-16-26(37)18-31(25)38)41-34(44)24-11-6-3-7-12-24/h2-19,21-22H,1H3,(H,40,45)(H,41,44)(H,42,43)/b32-17+. The normalized spacial score (nSPS) is 11.7. The van der Waals surface area contributed by atoms with Gasteiger partial charge in [0.1, 0.15) is 16.8 Å². The van der Waals surface area contributed by atoms with Crippen molar-refractivity contribution in [2.45, 2.75) is 17.1 Å². The fourth-order valence-electron chi connectivity index (χ4n) is 4.42. The topological polar surface area (TPSA) is 111 Å². The molecule has 7 nitrogen and oxygen atoms in total. The van der Waals surface area contributed by atoms with Crippen LogP contribution in [0.4, 0.5) is 10.7 Å². The largest absolute Gasteiger partial charge is 0.321 e. The fourth-order valence-corrected chi connectivity index (χ4v) is 6.74. The van der Waals surface area contributed by atoms with Crippen LogP contribution in [0.5, 0.6) is 0 Å². The van der Waals surface area contributed by atoms with Gasteiger partial charge in [-0.25, -0.2) is 0 Å². The van der Waals surface area contributed by atoms with Gasteiger partial charge in [-0.1, -0.05) is 83.9 Å². The zero-order valence-electron chi connectivity index (χ0n) is 24.8. The van der Waals surface area contributed by atoms with Gasteiger partial charge in [-0.15, -0.1) is 23.1 Å². The highest BCUT2D eigenvalue weighted by molar-refractivity contribution is 8.00. The van der Waals surface area contributed by atoms with Crippen LogP contribution in [0, 0.1) is 11.3 Å². The molecule has 11 heteroatoms. The molecule has 1 aromatic heterocycles. The summed E-state index contributed by atoms with van der Waals surface area (Å²) in [5.41, 5.74) is 3.36. The van der Waals surface area contributed by atoms with Crippen LogP contribution < -0.4 is 16.0 Å². The second-order valence-corrected chi connectivity index (χ2v) is 13.2. The Labute approximate surface area is 290 Å². The van der Waals surface area contributed by atoms with Crippen LogP contribution in [-0.4, -0.2) is 23.0 Å². The predicted molar refractivity (Wildman–Crippen MR) is 192 cm³/mol. The lowest BCUT2D eigenvalue weighted by atomic mass is 10.1. The van der Waals surface area contributed by atoms with E-state index >= 15 is 0 Å². The smallest absolute Gasteiger partial charge is 0.272 e. The molecule has 47 heavy (non-hydrogen) atoms. The van der Waals surface area contributed by atoms with E-state index in [1.165, 1.54) is 29.2 Å². The van der Waals surface area contributed by atoms with Crippen molar-refractivity contribution in [3.8, 4) is 17.2 Å². The average Bonchev–Trinajstić information content (AvgIpc) is 3.48. The second-order valence-electron chi connectivity index (χ2n) is 10.1.